The van der Waals surface area contributed by atoms with Crippen molar-refractivity contribution in [3.05, 3.63) is 35.6 Å². The first kappa shape index (κ1) is 17.9. The van der Waals surface area contributed by atoms with E-state index in [0.717, 1.165) is 10.5 Å². The quantitative estimate of drug-likeness (QED) is 0.612. The summed E-state index contributed by atoms with van der Waals surface area (Å²) in [6.07, 6.45) is 1.38. The van der Waals surface area contributed by atoms with Gasteiger partial charge in [0.1, 0.15) is 17.4 Å². The van der Waals surface area contributed by atoms with Crippen LogP contribution in [0, 0.1) is 5.82 Å². The second-order valence-corrected chi connectivity index (χ2v) is 6.43. The van der Waals surface area contributed by atoms with Gasteiger partial charge >= 0.3 is 6.03 Å². The number of nitrogens with zero attached hydrogens (tertiary/aromatic N) is 1. The van der Waals surface area contributed by atoms with Gasteiger partial charge in [0, 0.05) is 6.54 Å². The van der Waals surface area contributed by atoms with Gasteiger partial charge in [-0.2, -0.15) is 0 Å². The van der Waals surface area contributed by atoms with E-state index >= 15 is 0 Å². The lowest BCUT2D eigenvalue weighted by Crippen LogP contribution is -2.49. The molecule has 0 radical (unpaired) electrons. The number of hydrogen-bond donors (Lipinski definition) is 2. The molecule has 1 aromatic carbocycles. The van der Waals surface area contributed by atoms with Crippen LogP contribution in [0.3, 0.4) is 0 Å². The number of carbonyl (C=O) groups excluding carboxylic acids is 3. The number of rotatable bonds is 6. The first-order chi connectivity index (χ1) is 11.2. The number of benzene rings is 1. The highest BCUT2D eigenvalue weighted by Gasteiger charge is 2.47. The van der Waals surface area contributed by atoms with E-state index in [1.54, 1.807) is 26.0 Å². The van der Waals surface area contributed by atoms with Gasteiger partial charge in [0.15, 0.2) is 0 Å². The number of amides is 4. The number of urea groups is 1. The van der Waals surface area contributed by atoms with Crippen LogP contribution in [-0.2, 0) is 16.0 Å². The number of aryl methyl sites for hydroxylation is 1. The predicted molar refractivity (Wildman–Crippen MR) is 86.6 cm³/mol. The van der Waals surface area contributed by atoms with E-state index in [4.69, 9.17) is 0 Å². The molecule has 7 heteroatoms. The molecule has 0 saturated carbocycles. The molecule has 1 aliphatic rings. The summed E-state index contributed by atoms with van der Waals surface area (Å²) in [5, 5.41) is 5.27. The highest BCUT2D eigenvalue weighted by atomic mass is 19.1. The van der Waals surface area contributed by atoms with Crippen LogP contribution in [-0.4, -0.2) is 40.9 Å². The van der Waals surface area contributed by atoms with E-state index in [1.165, 1.54) is 19.1 Å². The lowest BCUT2D eigenvalue weighted by Gasteiger charge is -2.22. The molecule has 0 spiro atoms. The summed E-state index contributed by atoms with van der Waals surface area (Å²) in [5.41, 5.74) is -0.0108. The highest BCUT2D eigenvalue weighted by Crippen LogP contribution is 2.19. The SMILES string of the molecule is CC(C(=O)NCCCc1ccc(F)cc1)N1C(=O)NC(C)(C)C1=O. The van der Waals surface area contributed by atoms with Gasteiger partial charge in [0.2, 0.25) is 5.91 Å². The summed E-state index contributed by atoms with van der Waals surface area (Å²) >= 11 is 0. The number of carbonyl (C=O) groups is 3. The zero-order valence-corrected chi connectivity index (χ0v) is 14.1. The van der Waals surface area contributed by atoms with Crippen LogP contribution >= 0.6 is 0 Å². The predicted octanol–water partition coefficient (Wildman–Crippen LogP) is 1.59. The summed E-state index contributed by atoms with van der Waals surface area (Å²) < 4.78 is 12.8. The van der Waals surface area contributed by atoms with Gasteiger partial charge in [0.25, 0.3) is 5.91 Å². The fourth-order valence-corrected chi connectivity index (χ4v) is 2.55. The van der Waals surface area contributed by atoms with Crippen LogP contribution in [0.5, 0.6) is 0 Å². The van der Waals surface area contributed by atoms with E-state index in [1.807, 2.05) is 0 Å². The molecule has 1 aromatic rings. The fraction of sp³-hybridized carbons (Fsp3) is 0.471. The summed E-state index contributed by atoms with van der Waals surface area (Å²) in [7, 11) is 0. The van der Waals surface area contributed by atoms with Crippen molar-refractivity contribution in [1.82, 2.24) is 15.5 Å². The number of imide groups is 1. The van der Waals surface area contributed by atoms with Gasteiger partial charge in [-0.15, -0.1) is 0 Å². The molecule has 0 aromatic heterocycles. The van der Waals surface area contributed by atoms with E-state index in [9.17, 15) is 18.8 Å². The summed E-state index contributed by atoms with van der Waals surface area (Å²) in [6.45, 7) is 5.13. The Bertz CT molecular complexity index is 643. The van der Waals surface area contributed by atoms with Gasteiger partial charge in [0.05, 0.1) is 0 Å². The molecule has 4 amide bonds. The first-order valence-electron chi connectivity index (χ1n) is 7.90. The van der Waals surface area contributed by atoms with Crippen LogP contribution in [0.4, 0.5) is 9.18 Å². The lowest BCUT2D eigenvalue weighted by atomic mass is 10.1. The molecule has 6 nitrogen and oxygen atoms in total. The van der Waals surface area contributed by atoms with Gasteiger partial charge in [-0.1, -0.05) is 12.1 Å². The van der Waals surface area contributed by atoms with Gasteiger partial charge in [-0.3, -0.25) is 9.59 Å². The van der Waals surface area contributed by atoms with Gasteiger partial charge in [-0.05, 0) is 51.3 Å². The molecule has 0 aliphatic carbocycles. The lowest BCUT2D eigenvalue weighted by molar-refractivity contribution is -0.137. The molecule has 24 heavy (non-hydrogen) atoms. The minimum atomic E-state index is -0.992. The van der Waals surface area contributed by atoms with Crippen molar-refractivity contribution >= 4 is 17.8 Å². The maximum Gasteiger partial charge on any atom is 0.325 e. The van der Waals surface area contributed by atoms with Crippen LogP contribution < -0.4 is 10.6 Å². The molecule has 1 heterocycles. The van der Waals surface area contributed by atoms with Crippen LogP contribution in [0.15, 0.2) is 24.3 Å². The molecule has 2 N–H and O–H groups in total. The zero-order valence-electron chi connectivity index (χ0n) is 14.1. The minimum Gasteiger partial charge on any atom is -0.354 e. The summed E-state index contributed by atoms with van der Waals surface area (Å²) in [4.78, 5) is 37.1. The summed E-state index contributed by atoms with van der Waals surface area (Å²) in [5.74, 6) is -1.07. The Morgan fingerprint density at radius 2 is 1.92 bits per heavy atom. The van der Waals surface area contributed by atoms with Crippen molar-refractivity contribution in [2.75, 3.05) is 6.54 Å². The molecule has 1 saturated heterocycles. The van der Waals surface area contributed by atoms with Crippen molar-refractivity contribution in [3.63, 3.8) is 0 Å². The van der Waals surface area contributed by atoms with E-state index in [2.05, 4.69) is 10.6 Å². The molecule has 1 atom stereocenters. The van der Waals surface area contributed by atoms with E-state index < -0.39 is 23.5 Å². The fourth-order valence-electron chi connectivity index (χ4n) is 2.55. The Hall–Kier alpha value is -2.44. The van der Waals surface area contributed by atoms with Gasteiger partial charge in [-0.25, -0.2) is 14.1 Å². The summed E-state index contributed by atoms with van der Waals surface area (Å²) in [6, 6.07) is 4.78. The van der Waals surface area contributed by atoms with Crippen molar-refractivity contribution in [1.29, 1.82) is 0 Å². The Kier molecular flexibility index (Phi) is 5.21. The van der Waals surface area contributed by atoms with Gasteiger partial charge < -0.3 is 10.6 Å². The number of halogens is 1. The second-order valence-electron chi connectivity index (χ2n) is 6.43. The zero-order chi connectivity index (χ0) is 17.9. The van der Waals surface area contributed by atoms with Crippen LogP contribution in [0.1, 0.15) is 32.8 Å². The third kappa shape index (κ3) is 3.90. The average Bonchev–Trinajstić information content (AvgIpc) is 2.72. The van der Waals surface area contributed by atoms with Crippen molar-refractivity contribution in [3.8, 4) is 0 Å². The Labute approximate surface area is 140 Å². The standard InChI is InChI=1S/C17H22FN3O3/c1-11(21-15(23)17(2,3)20-16(21)24)14(22)19-10-4-5-12-6-8-13(18)9-7-12/h6-9,11H,4-5,10H2,1-3H3,(H,19,22)(H,20,24). The monoisotopic (exact) mass is 335 g/mol. The maximum absolute atomic E-state index is 12.8. The highest BCUT2D eigenvalue weighted by molar-refractivity contribution is 6.09. The Morgan fingerprint density at radius 1 is 1.29 bits per heavy atom. The number of hydrogen-bond acceptors (Lipinski definition) is 3. The third-order valence-electron chi connectivity index (χ3n) is 4.01. The average molecular weight is 335 g/mol. The van der Waals surface area contributed by atoms with E-state index in [-0.39, 0.29) is 11.7 Å². The van der Waals surface area contributed by atoms with Crippen LogP contribution in [0.25, 0.3) is 0 Å². The normalized spacial score (nSPS) is 17.6. The maximum atomic E-state index is 12.8. The Balaban J connectivity index is 1.81. The molecular formula is C17H22FN3O3. The molecule has 1 unspecified atom stereocenters. The molecule has 130 valence electrons. The second kappa shape index (κ2) is 6.98. The molecule has 1 fully saturated rings. The number of nitrogens with one attached hydrogen (secondary N) is 2. The molecule has 2 rings (SSSR count). The van der Waals surface area contributed by atoms with Crippen LogP contribution in [0.2, 0.25) is 0 Å². The molecular weight excluding hydrogens is 313 g/mol. The molecule has 0 bridgehead atoms. The van der Waals surface area contributed by atoms with E-state index in [0.29, 0.717) is 19.4 Å². The molecule has 1 aliphatic heterocycles. The Morgan fingerprint density at radius 3 is 2.46 bits per heavy atom. The minimum absolute atomic E-state index is 0.280. The van der Waals surface area contributed by atoms with Crippen molar-refractivity contribution in [2.45, 2.75) is 45.2 Å². The van der Waals surface area contributed by atoms with Crippen molar-refractivity contribution < 1.29 is 18.8 Å². The van der Waals surface area contributed by atoms with Crippen molar-refractivity contribution in [2.24, 2.45) is 0 Å². The smallest absolute Gasteiger partial charge is 0.325 e. The first-order valence-corrected chi connectivity index (χ1v) is 7.90. The largest absolute Gasteiger partial charge is 0.354 e. The topological polar surface area (TPSA) is 78.5 Å². The third-order valence-corrected chi connectivity index (χ3v) is 4.01.